The van der Waals surface area contributed by atoms with Crippen molar-refractivity contribution in [1.29, 1.82) is 0 Å². The molecule has 2 N–H and O–H groups in total. The van der Waals surface area contributed by atoms with Crippen LogP contribution in [0.4, 0.5) is 0 Å². The molecule has 0 aromatic carbocycles. The zero-order valence-corrected chi connectivity index (χ0v) is 10.5. The first kappa shape index (κ1) is 11.5. The van der Waals surface area contributed by atoms with Crippen molar-refractivity contribution in [3.05, 3.63) is 33.9 Å². The van der Waals surface area contributed by atoms with Crippen molar-refractivity contribution >= 4 is 22.9 Å². The molecule has 0 spiro atoms. The van der Waals surface area contributed by atoms with Crippen molar-refractivity contribution < 1.29 is 0 Å². The quantitative estimate of drug-likeness (QED) is 0.915. The van der Waals surface area contributed by atoms with Gasteiger partial charge in [0.25, 0.3) is 0 Å². The smallest absolute Gasteiger partial charge is 0.143 e. The summed E-state index contributed by atoms with van der Waals surface area (Å²) in [5.41, 5.74) is 7.32. The highest BCUT2D eigenvalue weighted by molar-refractivity contribution is 7.15. The summed E-state index contributed by atoms with van der Waals surface area (Å²) in [6.45, 7) is 2.63. The van der Waals surface area contributed by atoms with E-state index in [0.29, 0.717) is 11.6 Å². The van der Waals surface area contributed by atoms with Crippen molar-refractivity contribution in [3.8, 4) is 10.7 Å². The summed E-state index contributed by atoms with van der Waals surface area (Å²) in [6.07, 6.45) is 2.58. The molecule has 2 aromatic heterocycles. The second-order valence-corrected chi connectivity index (χ2v) is 4.89. The molecule has 2 rings (SSSR count). The van der Waals surface area contributed by atoms with Gasteiger partial charge >= 0.3 is 0 Å². The number of nitrogens with zero attached hydrogens (tertiary/aromatic N) is 2. The number of thiazole rings is 1. The number of halogens is 1. The minimum Gasteiger partial charge on any atom is -0.330 e. The van der Waals surface area contributed by atoms with Gasteiger partial charge in [-0.3, -0.25) is 4.98 Å². The van der Waals surface area contributed by atoms with Crippen molar-refractivity contribution in [2.24, 2.45) is 5.73 Å². The van der Waals surface area contributed by atoms with Gasteiger partial charge in [-0.05, 0) is 32.0 Å². The van der Waals surface area contributed by atoms with E-state index in [2.05, 4.69) is 9.97 Å². The summed E-state index contributed by atoms with van der Waals surface area (Å²) in [5.74, 6) is 0. The normalized spacial score (nSPS) is 10.7. The zero-order valence-electron chi connectivity index (χ0n) is 8.90. The number of nitrogens with two attached hydrogens (primary N) is 1. The van der Waals surface area contributed by atoms with E-state index in [0.717, 1.165) is 22.8 Å². The second-order valence-electron chi connectivity index (χ2n) is 3.40. The molecule has 0 unspecified atom stereocenters. The predicted molar refractivity (Wildman–Crippen MR) is 67.9 cm³/mol. The van der Waals surface area contributed by atoms with Gasteiger partial charge in [0.05, 0.1) is 10.7 Å². The number of aryl methyl sites for hydroxylation is 1. The van der Waals surface area contributed by atoms with Crippen LogP contribution in [0.1, 0.15) is 10.6 Å². The molecule has 2 aromatic rings. The molecule has 2 heterocycles. The molecule has 0 saturated carbocycles. The highest BCUT2D eigenvalue weighted by atomic mass is 35.5. The molecule has 0 saturated heterocycles. The Bertz CT molecular complexity index is 496. The van der Waals surface area contributed by atoms with Crippen molar-refractivity contribution in [1.82, 2.24) is 9.97 Å². The topological polar surface area (TPSA) is 51.8 Å². The van der Waals surface area contributed by atoms with Gasteiger partial charge in [0.15, 0.2) is 0 Å². The Balaban J connectivity index is 2.42. The van der Waals surface area contributed by atoms with E-state index >= 15 is 0 Å². The zero-order chi connectivity index (χ0) is 11.5. The van der Waals surface area contributed by atoms with Gasteiger partial charge in [0.1, 0.15) is 10.7 Å². The minimum atomic E-state index is 0.635. The number of hydrogen-bond donors (Lipinski definition) is 1. The molecular formula is C11H12ClN3S. The summed E-state index contributed by atoms with van der Waals surface area (Å²) in [5, 5.41) is 1.50. The van der Waals surface area contributed by atoms with Crippen molar-refractivity contribution in [2.75, 3.05) is 6.54 Å². The highest BCUT2D eigenvalue weighted by Crippen LogP contribution is 2.30. The molecule has 0 aliphatic rings. The maximum Gasteiger partial charge on any atom is 0.143 e. The van der Waals surface area contributed by atoms with Crippen molar-refractivity contribution in [3.63, 3.8) is 0 Å². The van der Waals surface area contributed by atoms with E-state index < -0.39 is 0 Å². The number of aromatic nitrogens is 2. The lowest BCUT2D eigenvalue weighted by molar-refractivity contribution is 0.970. The van der Waals surface area contributed by atoms with Gasteiger partial charge < -0.3 is 5.73 Å². The summed E-state index contributed by atoms with van der Waals surface area (Å²) in [6, 6.07) is 3.64. The molecular weight excluding hydrogens is 242 g/mol. The maximum atomic E-state index is 6.08. The first-order valence-electron chi connectivity index (χ1n) is 4.99. The molecule has 5 heteroatoms. The second kappa shape index (κ2) is 4.91. The maximum absolute atomic E-state index is 6.08. The molecule has 3 nitrogen and oxygen atoms in total. The van der Waals surface area contributed by atoms with Crippen LogP contribution in [0.5, 0.6) is 0 Å². The molecule has 0 aliphatic heterocycles. The molecule has 0 fully saturated rings. The van der Waals surface area contributed by atoms with Gasteiger partial charge in [0, 0.05) is 11.1 Å². The largest absolute Gasteiger partial charge is 0.330 e. The summed E-state index contributed by atoms with van der Waals surface area (Å²) in [4.78, 5) is 9.93. The van der Waals surface area contributed by atoms with Gasteiger partial charge in [-0.15, -0.1) is 11.3 Å². The van der Waals surface area contributed by atoms with E-state index in [1.807, 2.05) is 19.1 Å². The lowest BCUT2D eigenvalue weighted by atomic mass is 10.3. The van der Waals surface area contributed by atoms with Gasteiger partial charge in [-0.25, -0.2) is 4.98 Å². The van der Waals surface area contributed by atoms with E-state index in [-0.39, 0.29) is 0 Å². The Morgan fingerprint density at radius 2 is 2.31 bits per heavy atom. The first-order chi connectivity index (χ1) is 7.72. The third-order valence-corrected chi connectivity index (χ3v) is 3.75. The molecule has 0 bridgehead atoms. The average Bonchev–Trinajstić information content (AvgIpc) is 2.61. The lowest BCUT2D eigenvalue weighted by Gasteiger charge is -1.96. The standard InChI is InChI=1S/C11H12ClN3S/c1-7-9(4-5-13)16-11(15-7)10-8(12)3-2-6-14-10/h2-3,6H,4-5,13H2,1H3. The monoisotopic (exact) mass is 253 g/mol. The van der Waals surface area contributed by atoms with E-state index in [9.17, 15) is 0 Å². The molecule has 16 heavy (non-hydrogen) atoms. The van der Waals surface area contributed by atoms with Crippen LogP contribution in [0, 0.1) is 6.92 Å². The summed E-state index contributed by atoms with van der Waals surface area (Å²) >= 11 is 7.69. The van der Waals surface area contributed by atoms with Crippen LogP contribution >= 0.6 is 22.9 Å². The van der Waals surface area contributed by atoms with Crippen LogP contribution in [0.15, 0.2) is 18.3 Å². The lowest BCUT2D eigenvalue weighted by Crippen LogP contribution is -2.01. The van der Waals surface area contributed by atoms with Gasteiger partial charge in [-0.2, -0.15) is 0 Å². The third kappa shape index (κ3) is 2.24. The Morgan fingerprint density at radius 3 is 3.00 bits per heavy atom. The van der Waals surface area contributed by atoms with Crippen LogP contribution in [0.3, 0.4) is 0 Å². The van der Waals surface area contributed by atoms with Crippen LogP contribution in [-0.2, 0) is 6.42 Å². The third-order valence-electron chi connectivity index (χ3n) is 2.23. The highest BCUT2D eigenvalue weighted by Gasteiger charge is 2.12. The van der Waals surface area contributed by atoms with Crippen LogP contribution in [-0.4, -0.2) is 16.5 Å². The fraction of sp³-hybridized carbons (Fsp3) is 0.273. The van der Waals surface area contributed by atoms with E-state index in [1.54, 1.807) is 17.5 Å². The number of rotatable bonds is 3. The molecule has 0 amide bonds. The predicted octanol–water partition coefficient (Wildman–Crippen LogP) is 2.67. The molecule has 0 radical (unpaired) electrons. The summed E-state index contributed by atoms with van der Waals surface area (Å²) in [7, 11) is 0. The first-order valence-corrected chi connectivity index (χ1v) is 6.19. The Morgan fingerprint density at radius 1 is 1.50 bits per heavy atom. The Hall–Kier alpha value is -0.970. The van der Waals surface area contributed by atoms with Crippen molar-refractivity contribution in [2.45, 2.75) is 13.3 Å². The molecule has 0 atom stereocenters. The number of pyridine rings is 1. The molecule has 84 valence electrons. The van der Waals surface area contributed by atoms with Crippen LogP contribution in [0.25, 0.3) is 10.7 Å². The van der Waals surface area contributed by atoms with Crippen LogP contribution < -0.4 is 5.73 Å². The van der Waals surface area contributed by atoms with Gasteiger partial charge in [0.2, 0.25) is 0 Å². The van der Waals surface area contributed by atoms with Crippen LogP contribution in [0.2, 0.25) is 5.02 Å². The summed E-state index contributed by atoms with van der Waals surface area (Å²) < 4.78 is 0. The van der Waals surface area contributed by atoms with E-state index in [1.165, 1.54) is 4.88 Å². The average molecular weight is 254 g/mol. The number of hydrogen-bond acceptors (Lipinski definition) is 4. The Kier molecular flexibility index (Phi) is 3.53. The van der Waals surface area contributed by atoms with E-state index in [4.69, 9.17) is 17.3 Å². The fourth-order valence-electron chi connectivity index (χ4n) is 1.44. The van der Waals surface area contributed by atoms with Gasteiger partial charge in [-0.1, -0.05) is 11.6 Å². The fourth-order valence-corrected chi connectivity index (χ4v) is 2.79. The SMILES string of the molecule is Cc1nc(-c2ncccc2Cl)sc1CCN. The Labute approximate surface area is 103 Å². The minimum absolute atomic E-state index is 0.635. The molecule has 0 aliphatic carbocycles.